The number of esters is 1. The molecular weight excluding hydrogens is 276 g/mol. The average Bonchev–Trinajstić information content (AvgIpc) is 2.44. The number of nitro benzene ring substituents is 1. The molecule has 0 aromatic heterocycles. The minimum absolute atomic E-state index is 0.156. The van der Waals surface area contributed by atoms with Crippen molar-refractivity contribution in [2.75, 3.05) is 19.7 Å². The molecule has 0 bridgehead atoms. The van der Waals surface area contributed by atoms with E-state index in [1.165, 1.54) is 23.1 Å². The molecular formula is C14H18N2O5. The second-order valence-corrected chi connectivity index (χ2v) is 4.38. The predicted molar refractivity (Wildman–Crippen MR) is 76.0 cm³/mol. The van der Waals surface area contributed by atoms with E-state index in [2.05, 4.69) is 0 Å². The van der Waals surface area contributed by atoms with Crippen LogP contribution in [0.25, 0.3) is 0 Å². The summed E-state index contributed by atoms with van der Waals surface area (Å²) in [6.45, 7) is 5.46. The summed E-state index contributed by atoms with van der Waals surface area (Å²) >= 11 is 0. The largest absolute Gasteiger partial charge is 0.465 e. The van der Waals surface area contributed by atoms with Crippen LogP contribution in [0.1, 0.15) is 29.8 Å². The quantitative estimate of drug-likeness (QED) is 0.454. The van der Waals surface area contributed by atoms with Gasteiger partial charge in [-0.05, 0) is 26.3 Å². The SMILES string of the molecule is CCOC(=O)CN(CC)C(=O)c1cc([N+](=O)[O-])ccc1C. The first-order chi connectivity index (χ1) is 9.90. The molecule has 1 amide bonds. The van der Waals surface area contributed by atoms with Gasteiger partial charge in [0.05, 0.1) is 11.5 Å². The van der Waals surface area contributed by atoms with Crippen LogP contribution < -0.4 is 0 Å². The Morgan fingerprint density at radius 2 is 2.00 bits per heavy atom. The van der Waals surface area contributed by atoms with E-state index in [9.17, 15) is 19.7 Å². The Bertz CT molecular complexity index is 556. The fourth-order valence-electron chi connectivity index (χ4n) is 1.81. The molecule has 0 spiro atoms. The third kappa shape index (κ3) is 4.27. The first-order valence-electron chi connectivity index (χ1n) is 6.60. The van der Waals surface area contributed by atoms with Crippen molar-refractivity contribution in [3.63, 3.8) is 0 Å². The molecule has 21 heavy (non-hydrogen) atoms. The van der Waals surface area contributed by atoms with Crippen LogP contribution in [0.4, 0.5) is 5.69 Å². The summed E-state index contributed by atoms with van der Waals surface area (Å²) in [4.78, 5) is 35.4. The van der Waals surface area contributed by atoms with Crippen molar-refractivity contribution >= 4 is 17.6 Å². The van der Waals surface area contributed by atoms with E-state index < -0.39 is 16.8 Å². The molecule has 7 nitrogen and oxygen atoms in total. The van der Waals surface area contributed by atoms with Crippen molar-refractivity contribution in [1.82, 2.24) is 4.90 Å². The van der Waals surface area contributed by atoms with Gasteiger partial charge in [-0.2, -0.15) is 0 Å². The first kappa shape index (κ1) is 16.6. The second-order valence-electron chi connectivity index (χ2n) is 4.38. The summed E-state index contributed by atoms with van der Waals surface area (Å²) in [5.74, 6) is -0.928. The third-order valence-corrected chi connectivity index (χ3v) is 2.96. The molecule has 1 aromatic rings. The smallest absolute Gasteiger partial charge is 0.325 e. The van der Waals surface area contributed by atoms with Crippen LogP contribution in [-0.2, 0) is 9.53 Å². The Morgan fingerprint density at radius 1 is 1.33 bits per heavy atom. The number of ether oxygens (including phenoxy) is 1. The van der Waals surface area contributed by atoms with Gasteiger partial charge in [0, 0.05) is 24.2 Å². The number of carbonyl (C=O) groups excluding carboxylic acids is 2. The van der Waals surface area contributed by atoms with Gasteiger partial charge in [0.2, 0.25) is 0 Å². The summed E-state index contributed by atoms with van der Waals surface area (Å²) in [5.41, 5.74) is 0.680. The first-order valence-corrected chi connectivity index (χ1v) is 6.60. The minimum atomic E-state index is -0.558. The van der Waals surface area contributed by atoms with Crippen LogP contribution in [0.15, 0.2) is 18.2 Å². The lowest BCUT2D eigenvalue weighted by Crippen LogP contribution is -2.36. The maximum Gasteiger partial charge on any atom is 0.325 e. The Labute approximate surface area is 122 Å². The van der Waals surface area contributed by atoms with E-state index in [1.54, 1.807) is 20.8 Å². The summed E-state index contributed by atoms with van der Waals surface area (Å²) in [5, 5.41) is 10.8. The van der Waals surface area contributed by atoms with E-state index in [1.807, 2.05) is 0 Å². The molecule has 0 saturated heterocycles. The third-order valence-electron chi connectivity index (χ3n) is 2.96. The molecule has 1 rings (SSSR count). The van der Waals surface area contributed by atoms with Crippen molar-refractivity contribution in [2.24, 2.45) is 0 Å². The molecule has 0 saturated carbocycles. The standard InChI is InChI=1S/C14H18N2O5/c1-4-15(9-13(17)21-5-2)14(18)12-8-11(16(19)20)7-6-10(12)3/h6-8H,4-5,9H2,1-3H3. The highest BCUT2D eigenvalue weighted by Gasteiger charge is 2.21. The lowest BCUT2D eigenvalue weighted by atomic mass is 10.1. The number of benzene rings is 1. The molecule has 0 unspecified atom stereocenters. The minimum Gasteiger partial charge on any atom is -0.465 e. The summed E-state index contributed by atoms with van der Waals surface area (Å²) in [6.07, 6.45) is 0. The molecule has 0 heterocycles. The van der Waals surface area contributed by atoms with Gasteiger partial charge in [-0.25, -0.2) is 0 Å². The zero-order valence-electron chi connectivity index (χ0n) is 12.3. The Morgan fingerprint density at radius 3 is 2.52 bits per heavy atom. The van der Waals surface area contributed by atoms with E-state index in [-0.39, 0.29) is 24.4 Å². The highest BCUT2D eigenvalue weighted by molar-refractivity contribution is 5.97. The van der Waals surface area contributed by atoms with Crippen LogP contribution in [-0.4, -0.2) is 41.4 Å². The van der Waals surface area contributed by atoms with Crippen LogP contribution >= 0.6 is 0 Å². The molecule has 1 aromatic carbocycles. The molecule has 0 radical (unpaired) electrons. The van der Waals surface area contributed by atoms with Crippen molar-refractivity contribution in [2.45, 2.75) is 20.8 Å². The maximum atomic E-state index is 12.4. The number of nitro groups is 1. The van der Waals surface area contributed by atoms with Crippen LogP contribution in [0, 0.1) is 17.0 Å². The van der Waals surface area contributed by atoms with Gasteiger partial charge in [-0.1, -0.05) is 6.07 Å². The van der Waals surface area contributed by atoms with Gasteiger partial charge >= 0.3 is 5.97 Å². The molecule has 0 aliphatic heterocycles. The number of rotatable bonds is 6. The Hall–Kier alpha value is -2.44. The van der Waals surface area contributed by atoms with Crippen molar-refractivity contribution in [1.29, 1.82) is 0 Å². The van der Waals surface area contributed by atoms with Gasteiger partial charge in [0.15, 0.2) is 0 Å². The molecule has 0 atom stereocenters. The van der Waals surface area contributed by atoms with Crippen LogP contribution in [0.2, 0.25) is 0 Å². The summed E-state index contributed by atoms with van der Waals surface area (Å²) in [6, 6.07) is 4.09. The van der Waals surface area contributed by atoms with Gasteiger partial charge in [0.1, 0.15) is 6.54 Å². The number of aryl methyl sites for hydroxylation is 1. The Kier molecular flexibility index (Phi) is 5.83. The van der Waals surface area contributed by atoms with Crippen molar-refractivity contribution < 1.29 is 19.2 Å². The average molecular weight is 294 g/mol. The zero-order valence-corrected chi connectivity index (χ0v) is 12.3. The zero-order chi connectivity index (χ0) is 16.0. The van der Waals surface area contributed by atoms with Crippen molar-refractivity contribution in [3.05, 3.63) is 39.4 Å². The molecule has 7 heteroatoms. The molecule has 0 aliphatic carbocycles. The normalized spacial score (nSPS) is 10.0. The van der Waals surface area contributed by atoms with Gasteiger partial charge in [-0.15, -0.1) is 0 Å². The highest BCUT2D eigenvalue weighted by atomic mass is 16.6. The number of amides is 1. The molecule has 0 aliphatic rings. The second kappa shape index (κ2) is 7.37. The number of hydrogen-bond acceptors (Lipinski definition) is 5. The predicted octanol–water partition coefficient (Wildman–Crippen LogP) is 1.93. The fourth-order valence-corrected chi connectivity index (χ4v) is 1.81. The van der Waals surface area contributed by atoms with E-state index >= 15 is 0 Å². The van der Waals surface area contributed by atoms with Crippen molar-refractivity contribution in [3.8, 4) is 0 Å². The summed E-state index contributed by atoms with van der Waals surface area (Å²) < 4.78 is 4.81. The molecule has 0 fully saturated rings. The van der Waals surface area contributed by atoms with Gasteiger partial charge in [0.25, 0.3) is 11.6 Å². The van der Waals surface area contributed by atoms with E-state index in [0.717, 1.165) is 0 Å². The molecule has 0 N–H and O–H groups in total. The van der Waals surface area contributed by atoms with Crippen LogP contribution in [0.5, 0.6) is 0 Å². The number of non-ortho nitro benzene ring substituents is 1. The van der Waals surface area contributed by atoms with Gasteiger partial charge < -0.3 is 9.64 Å². The number of likely N-dealkylation sites (N-methyl/N-ethyl adjacent to an activating group) is 1. The van der Waals surface area contributed by atoms with Crippen LogP contribution in [0.3, 0.4) is 0 Å². The highest BCUT2D eigenvalue weighted by Crippen LogP contribution is 2.19. The number of carbonyl (C=O) groups is 2. The van der Waals surface area contributed by atoms with E-state index in [0.29, 0.717) is 12.1 Å². The molecule has 114 valence electrons. The monoisotopic (exact) mass is 294 g/mol. The number of hydrogen-bond donors (Lipinski definition) is 0. The van der Waals surface area contributed by atoms with Gasteiger partial charge in [-0.3, -0.25) is 19.7 Å². The fraction of sp³-hybridized carbons (Fsp3) is 0.429. The summed E-state index contributed by atoms with van der Waals surface area (Å²) in [7, 11) is 0. The lowest BCUT2D eigenvalue weighted by molar-refractivity contribution is -0.384. The maximum absolute atomic E-state index is 12.4. The van der Waals surface area contributed by atoms with E-state index in [4.69, 9.17) is 4.74 Å². The number of nitrogens with zero attached hydrogens (tertiary/aromatic N) is 2. The Balaban J connectivity index is 3.02. The lowest BCUT2D eigenvalue weighted by Gasteiger charge is -2.20. The topological polar surface area (TPSA) is 89.8 Å².